The molecule has 0 bridgehead atoms. The molecule has 0 spiro atoms. The molecule has 8 heteroatoms. The Hall–Kier alpha value is -3.10. The van der Waals surface area contributed by atoms with Crippen LogP contribution in [0.1, 0.15) is 0 Å². The van der Waals surface area contributed by atoms with Crippen molar-refractivity contribution in [3.8, 4) is 5.75 Å². The molecule has 0 atom stereocenters. The summed E-state index contributed by atoms with van der Waals surface area (Å²) in [4.78, 5) is 14.1. The highest BCUT2D eigenvalue weighted by Crippen LogP contribution is 2.22. The number of hydrogen-bond acceptors (Lipinski definition) is 4. The van der Waals surface area contributed by atoms with E-state index in [-0.39, 0.29) is 4.90 Å². The van der Waals surface area contributed by atoms with Gasteiger partial charge in [0, 0.05) is 5.39 Å². The highest BCUT2D eigenvalue weighted by Gasteiger charge is 2.15. The van der Waals surface area contributed by atoms with E-state index >= 15 is 0 Å². The molecular weight excluding hydrogens is 354 g/mol. The molecule has 0 aromatic heterocycles. The molecule has 0 unspecified atom stereocenters. The predicted octanol–water partition coefficient (Wildman–Crippen LogP) is 2.86. The number of ether oxygens (including phenoxy) is 1. The van der Waals surface area contributed by atoms with E-state index in [1.807, 2.05) is 30.3 Å². The topological polar surface area (TPSA) is 96.5 Å². The summed E-state index contributed by atoms with van der Waals surface area (Å²) in [6.07, 6.45) is 0. The van der Waals surface area contributed by atoms with Gasteiger partial charge in [-0.05, 0) is 35.7 Å². The first-order chi connectivity index (χ1) is 12.5. The first-order valence-electron chi connectivity index (χ1n) is 7.70. The Morgan fingerprint density at radius 1 is 0.923 bits per heavy atom. The van der Waals surface area contributed by atoms with Crippen LogP contribution < -0.4 is 20.3 Å². The predicted molar refractivity (Wildman–Crippen MR) is 99.4 cm³/mol. The standard InChI is InChI=1S/C18H17N3O4S/c1-25-14-9-11-15(12-10-14)26(23,24)21-20-18(22)19-17-8-4-6-13-5-2-3-7-16(13)17/h2-12,21H,1H3,(H2,19,20,22). The van der Waals surface area contributed by atoms with E-state index in [1.54, 1.807) is 12.1 Å². The number of methoxy groups -OCH3 is 1. The monoisotopic (exact) mass is 371 g/mol. The van der Waals surface area contributed by atoms with E-state index in [9.17, 15) is 13.2 Å². The van der Waals surface area contributed by atoms with Crippen molar-refractivity contribution < 1.29 is 17.9 Å². The lowest BCUT2D eigenvalue weighted by molar-refractivity contribution is 0.250. The second kappa shape index (κ2) is 7.42. The van der Waals surface area contributed by atoms with E-state index in [0.717, 1.165) is 10.8 Å². The molecule has 2 amide bonds. The number of rotatable bonds is 5. The van der Waals surface area contributed by atoms with Crippen molar-refractivity contribution >= 4 is 32.5 Å². The Morgan fingerprint density at radius 3 is 2.35 bits per heavy atom. The maximum Gasteiger partial charge on any atom is 0.334 e. The zero-order chi connectivity index (χ0) is 18.6. The van der Waals surface area contributed by atoms with Crippen LogP contribution in [0.3, 0.4) is 0 Å². The number of urea groups is 1. The number of benzene rings is 3. The van der Waals surface area contributed by atoms with Crippen LogP contribution in [0.25, 0.3) is 10.8 Å². The second-order valence-electron chi connectivity index (χ2n) is 5.39. The fourth-order valence-electron chi connectivity index (χ4n) is 2.42. The SMILES string of the molecule is COc1ccc(S(=O)(=O)NNC(=O)Nc2cccc3ccccc23)cc1. The smallest absolute Gasteiger partial charge is 0.334 e. The van der Waals surface area contributed by atoms with Crippen LogP contribution in [-0.2, 0) is 10.0 Å². The lowest BCUT2D eigenvalue weighted by Crippen LogP contribution is -2.43. The van der Waals surface area contributed by atoms with E-state index < -0.39 is 16.1 Å². The number of amides is 2. The van der Waals surface area contributed by atoms with Gasteiger partial charge in [0.2, 0.25) is 0 Å². The number of anilines is 1. The van der Waals surface area contributed by atoms with Crippen LogP contribution in [-0.4, -0.2) is 21.6 Å². The normalized spacial score (nSPS) is 11.1. The van der Waals surface area contributed by atoms with Gasteiger partial charge in [-0.2, -0.15) is 0 Å². The fourth-order valence-corrected chi connectivity index (χ4v) is 3.25. The van der Waals surface area contributed by atoms with E-state index in [4.69, 9.17) is 4.74 Å². The summed E-state index contributed by atoms with van der Waals surface area (Å²) in [5.41, 5.74) is 2.72. The lowest BCUT2D eigenvalue weighted by atomic mass is 10.1. The van der Waals surface area contributed by atoms with Gasteiger partial charge in [-0.15, -0.1) is 4.83 Å². The first kappa shape index (κ1) is 17.7. The van der Waals surface area contributed by atoms with Crippen LogP contribution in [0.15, 0.2) is 71.6 Å². The van der Waals surface area contributed by atoms with Crippen molar-refractivity contribution in [3.63, 3.8) is 0 Å². The van der Waals surface area contributed by atoms with Gasteiger partial charge in [-0.25, -0.2) is 13.2 Å². The highest BCUT2D eigenvalue weighted by atomic mass is 32.2. The second-order valence-corrected chi connectivity index (χ2v) is 7.07. The average molecular weight is 371 g/mol. The van der Waals surface area contributed by atoms with Gasteiger partial charge in [0.05, 0.1) is 17.7 Å². The quantitative estimate of drug-likeness (QED) is 0.601. The highest BCUT2D eigenvalue weighted by molar-refractivity contribution is 7.89. The van der Waals surface area contributed by atoms with E-state index in [1.165, 1.54) is 31.4 Å². The summed E-state index contributed by atoms with van der Waals surface area (Å²) < 4.78 is 29.4. The van der Waals surface area contributed by atoms with Crippen LogP contribution in [0.4, 0.5) is 10.5 Å². The van der Waals surface area contributed by atoms with Crippen molar-refractivity contribution in [3.05, 3.63) is 66.7 Å². The van der Waals surface area contributed by atoms with Crippen LogP contribution in [0, 0.1) is 0 Å². The minimum Gasteiger partial charge on any atom is -0.497 e. The molecule has 3 N–H and O–H groups in total. The third-order valence-electron chi connectivity index (χ3n) is 3.71. The summed E-state index contributed by atoms with van der Waals surface area (Å²) in [7, 11) is -2.41. The summed E-state index contributed by atoms with van der Waals surface area (Å²) in [6, 6.07) is 18.1. The van der Waals surface area contributed by atoms with Gasteiger partial charge < -0.3 is 10.1 Å². The van der Waals surface area contributed by atoms with Gasteiger partial charge in [0.15, 0.2) is 0 Å². The molecule has 134 valence electrons. The average Bonchev–Trinajstić information content (AvgIpc) is 2.67. The molecule has 0 aliphatic rings. The first-order valence-corrected chi connectivity index (χ1v) is 9.18. The van der Waals surface area contributed by atoms with E-state index in [0.29, 0.717) is 11.4 Å². The largest absolute Gasteiger partial charge is 0.497 e. The maximum atomic E-state index is 12.2. The molecule has 0 saturated heterocycles. The third-order valence-corrected chi connectivity index (χ3v) is 4.97. The fraction of sp³-hybridized carbons (Fsp3) is 0.0556. The minimum absolute atomic E-state index is 0.00348. The molecule has 3 rings (SSSR count). The summed E-state index contributed by atoms with van der Waals surface area (Å²) >= 11 is 0. The molecule has 0 aliphatic heterocycles. The molecule has 3 aromatic rings. The number of carbonyl (C=O) groups excluding carboxylic acids is 1. The minimum atomic E-state index is -3.89. The summed E-state index contributed by atoms with van der Waals surface area (Å²) in [5, 5.41) is 4.44. The lowest BCUT2D eigenvalue weighted by Gasteiger charge is -2.11. The van der Waals surface area contributed by atoms with Crippen LogP contribution in [0.2, 0.25) is 0 Å². The molecule has 0 aliphatic carbocycles. The maximum absolute atomic E-state index is 12.2. The molecule has 26 heavy (non-hydrogen) atoms. The Labute approximate surface area is 151 Å². The van der Waals surface area contributed by atoms with Gasteiger partial charge in [-0.3, -0.25) is 5.43 Å². The molecule has 3 aromatic carbocycles. The molecule has 0 heterocycles. The van der Waals surface area contributed by atoms with Gasteiger partial charge in [-0.1, -0.05) is 36.4 Å². The number of fused-ring (bicyclic) bond motifs is 1. The van der Waals surface area contributed by atoms with Crippen molar-refractivity contribution in [1.29, 1.82) is 0 Å². The number of nitrogens with one attached hydrogen (secondary N) is 3. The van der Waals surface area contributed by atoms with Crippen molar-refractivity contribution in [2.24, 2.45) is 0 Å². The summed E-state index contributed by atoms with van der Waals surface area (Å²) in [5.74, 6) is 0.533. The van der Waals surface area contributed by atoms with Gasteiger partial charge in [0.1, 0.15) is 5.75 Å². The zero-order valence-electron chi connectivity index (χ0n) is 13.9. The van der Waals surface area contributed by atoms with Crippen molar-refractivity contribution in [2.75, 3.05) is 12.4 Å². The number of hydrazine groups is 1. The van der Waals surface area contributed by atoms with E-state index in [2.05, 4.69) is 15.6 Å². The molecule has 0 fully saturated rings. The Balaban J connectivity index is 1.68. The molecule has 0 radical (unpaired) electrons. The molecular formula is C18H17N3O4S. The number of sulfonamides is 1. The van der Waals surface area contributed by atoms with Crippen molar-refractivity contribution in [2.45, 2.75) is 4.90 Å². The Bertz CT molecular complexity index is 1030. The third kappa shape index (κ3) is 3.93. The number of carbonyl (C=O) groups is 1. The zero-order valence-corrected chi connectivity index (χ0v) is 14.7. The Kier molecular flexibility index (Phi) is 5.06. The molecule has 7 nitrogen and oxygen atoms in total. The molecule has 0 saturated carbocycles. The van der Waals surface area contributed by atoms with Crippen molar-refractivity contribution in [1.82, 2.24) is 10.3 Å². The van der Waals surface area contributed by atoms with Gasteiger partial charge >= 0.3 is 6.03 Å². The Morgan fingerprint density at radius 2 is 1.62 bits per heavy atom. The van der Waals surface area contributed by atoms with Crippen LogP contribution in [0.5, 0.6) is 5.75 Å². The number of hydrogen-bond donors (Lipinski definition) is 3. The van der Waals surface area contributed by atoms with Crippen LogP contribution >= 0.6 is 0 Å². The van der Waals surface area contributed by atoms with Gasteiger partial charge in [0.25, 0.3) is 10.0 Å². The summed E-state index contributed by atoms with van der Waals surface area (Å²) in [6.45, 7) is 0.